The van der Waals surface area contributed by atoms with E-state index in [1.165, 1.54) is 4.68 Å². The Kier molecular flexibility index (Phi) is 4.18. The summed E-state index contributed by atoms with van der Waals surface area (Å²) in [5.74, 6) is 0.526. The molecule has 0 saturated carbocycles. The summed E-state index contributed by atoms with van der Waals surface area (Å²) in [6, 6.07) is 11.4. The standard InChI is InChI=1S/C14H16N2O3/c1-3-14(17)19-13-9-12(15-16(13)2)18-10-11-7-5-4-6-8-11/h4-9H,3,10H2,1-2H3. The van der Waals surface area contributed by atoms with E-state index < -0.39 is 0 Å². The quantitative estimate of drug-likeness (QED) is 0.774. The zero-order valence-corrected chi connectivity index (χ0v) is 11.0. The van der Waals surface area contributed by atoms with Crippen LogP contribution in [0.25, 0.3) is 0 Å². The molecule has 0 aliphatic rings. The topological polar surface area (TPSA) is 53.4 Å². The van der Waals surface area contributed by atoms with Crippen LogP contribution in [0.3, 0.4) is 0 Å². The third kappa shape index (κ3) is 3.58. The Morgan fingerprint density at radius 3 is 2.74 bits per heavy atom. The summed E-state index contributed by atoms with van der Waals surface area (Å²) in [7, 11) is 1.70. The number of ether oxygens (including phenoxy) is 2. The highest BCUT2D eigenvalue weighted by Gasteiger charge is 2.10. The van der Waals surface area contributed by atoms with Crippen molar-refractivity contribution in [3.63, 3.8) is 0 Å². The first-order valence-electron chi connectivity index (χ1n) is 6.10. The first-order chi connectivity index (χ1) is 9.19. The van der Waals surface area contributed by atoms with Gasteiger partial charge >= 0.3 is 5.97 Å². The van der Waals surface area contributed by atoms with Crippen molar-refractivity contribution in [2.75, 3.05) is 0 Å². The highest BCUT2D eigenvalue weighted by molar-refractivity contribution is 5.71. The molecule has 0 spiro atoms. The fourth-order valence-electron chi connectivity index (χ4n) is 1.51. The number of nitrogens with zero attached hydrogens (tertiary/aromatic N) is 2. The molecule has 0 radical (unpaired) electrons. The van der Waals surface area contributed by atoms with Gasteiger partial charge in [0.1, 0.15) is 6.61 Å². The Labute approximate surface area is 111 Å². The van der Waals surface area contributed by atoms with E-state index in [1.54, 1.807) is 20.0 Å². The number of benzene rings is 1. The first-order valence-corrected chi connectivity index (χ1v) is 6.10. The highest BCUT2D eigenvalue weighted by atomic mass is 16.5. The summed E-state index contributed by atoms with van der Waals surface area (Å²) >= 11 is 0. The van der Waals surface area contributed by atoms with E-state index in [9.17, 15) is 4.79 Å². The van der Waals surface area contributed by atoms with Gasteiger partial charge in [-0.15, -0.1) is 5.10 Å². The number of rotatable bonds is 5. The van der Waals surface area contributed by atoms with Crippen LogP contribution in [0, 0.1) is 0 Å². The molecule has 2 aromatic rings. The molecule has 19 heavy (non-hydrogen) atoms. The third-order valence-corrected chi connectivity index (χ3v) is 2.55. The molecular weight excluding hydrogens is 244 g/mol. The molecule has 1 aromatic heterocycles. The van der Waals surface area contributed by atoms with Crippen molar-refractivity contribution in [3.05, 3.63) is 42.0 Å². The molecule has 1 aromatic carbocycles. The van der Waals surface area contributed by atoms with E-state index in [0.717, 1.165) is 5.56 Å². The van der Waals surface area contributed by atoms with Gasteiger partial charge in [0.2, 0.25) is 11.8 Å². The lowest BCUT2D eigenvalue weighted by molar-refractivity contribution is -0.134. The lowest BCUT2D eigenvalue weighted by Gasteiger charge is -2.01. The monoisotopic (exact) mass is 260 g/mol. The zero-order chi connectivity index (χ0) is 13.7. The van der Waals surface area contributed by atoms with Gasteiger partial charge in [0, 0.05) is 13.5 Å². The molecule has 100 valence electrons. The van der Waals surface area contributed by atoms with Crippen molar-refractivity contribution in [3.8, 4) is 11.8 Å². The zero-order valence-electron chi connectivity index (χ0n) is 11.0. The predicted octanol–water partition coefficient (Wildman–Crippen LogP) is 2.31. The summed E-state index contributed by atoms with van der Waals surface area (Å²) in [5, 5.41) is 4.13. The van der Waals surface area contributed by atoms with Crippen molar-refractivity contribution in [1.29, 1.82) is 0 Å². The van der Waals surface area contributed by atoms with Gasteiger partial charge in [-0.25, -0.2) is 4.68 Å². The Morgan fingerprint density at radius 1 is 1.32 bits per heavy atom. The number of carbonyl (C=O) groups excluding carboxylic acids is 1. The van der Waals surface area contributed by atoms with Gasteiger partial charge in [-0.3, -0.25) is 4.79 Å². The molecule has 5 heteroatoms. The average Bonchev–Trinajstić information content (AvgIpc) is 2.78. The molecule has 0 amide bonds. The predicted molar refractivity (Wildman–Crippen MR) is 69.9 cm³/mol. The summed E-state index contributed by atoms with van der Waals surface area (Å²) < 4.78 is 12.1. The van der Waals surface area contributed by atoms with Crippen LogP contribution >= 0.6 is 0 Å². The van der Waals surface area contributed by atoms with Crippen LogP contribution in [0.5, 0.6) is 11.8 Å². The molecule has 0 saturated heterocycles. The van der Waals surface area contributed by atoms with Gasteiger partial charge in [-0.2, -0.15) is 0 Å². The van der Waals surface area contributed by atoms with E-state index in [0.29, 0.717) is 24.8 Å². The van der Waals surface area contributed by atoms with E-state index in [1.807, 2.05) is 30.3 Å². The highest BCUT2D eigenvalue weighted by Crippen LogP contribution is 2.19. The third-order valence-electron chi connectivity index (χ3n) is 2.55. The van der Waals surface area contributed by atoms with E-state index in [2.05, 4.69) is 5.10 Å². The Hall–Kier alpha value is -2.30. The van der Waals surface area contributed by atoms with Crippen LogP contribution in [0.15, 0.2) is 36.4 Å². The van der Waals surface area contributed by atoms with Gasteiger partial charge in [-0.05, 0) is 5.56 Å². The van der Waals surface area contributed by atoms with Crippen molar-refractivity contribution >= 4 is 5.97 Å². The summed E-state index contributed by atoms with van der Waals surface area (Å²) in [5.41, 5.74) is 1.06. The van der Waals surface area contributed by atoms with Gasteiger partial charge in [-0.1, -0.05) is 37.3 Å². The molecule has 2 rings (SSSR count). The van der Waals surface area contributed by atoms with E-state index in [-0.39, 0.29) is 5.97 Å². The number of esters is 1. The second-order valence-corrected chi connectivity index (χ2v) is 4.05. The summed E-state index contributed by atoms with van der Waals surface area (Å²) in [6.07, 6.45) is 0.325. The van der Waals surface area contributed by atoms with Gasteiger partial charge in [0.05, 0.1) is 6.07 Å². The molecule has 0 aliphatic carbocycles. The lowest BCUT2D eigenvalue weighted by Crippen LogP contribution is -2.08. The minimum absolute atomic E-state index is 0.294. The molecule has 0 unspecified atom stereocenters. The second-order valence-electron chi connectivity index (χ2n) is 4.05. The van der Waals surface area contributed by atoms with Crippen LogP contribution in [0.1, 0.15) is 18.9 Å². The van der Waals surface area contributed by atoms with Gasteiger partial charge in [0.15, 0.2) is 0 Å². The fourth-order valence-corrected chi connectivity index (χ4v) is 1.51. The van der Waals surface area contributed by atoms with Crippen molar-refractivity contribution in [2.24, 2.45) is 7.05 Å². The molecule has 0 bridgehead atoms. The SMILES string of the molecule is CCC(=O)Oc1cc(OCc2ccccc2)nn1C. The van der Waals surface area contributed by atoms with Gasteiger partial charge < -0.3 is 9.47 Å². The Balaban J connectivity index is 1.98. The van der Waals surface area contributed by atoms with E-state index in [4.69, 9.17) is 9.47 Å². The molecule has 1 heterocycles. The minimum atomic E-state index is -0.294. The van der Waals surface area contributed by atoms with Crippen molar-refractivity contribution < 1.29 is 14.3 Å². The number of hydrogen-bond acceptors (Lipinski definition) is 4. The minimum Gasteiger partial charge on any atom is -0.472 e. The van der Waals surface area contributed by atoms with Crippen LogP contribution in [0.4, 0.5) is 0 Å². The van der Waals surface area contributed by atoms with Crippen LogP contribution < -0.4 is 9.47 Å². The number of aromatic nitrogens is 2. The fraction of sp³-hybridized carbons (Fsp3) is 0.286. The number of aryl methyl sites for hydroxylation is 1. The van der Waals surface area contributed by atoms with Crippen LogP contribution in [-0.4, -0.2) is 15.7 Å². The average molecular weight is 260 g/mol. The van der Waals surface area contributed by atoms with Gasteiger partial charge in [0.25, 0.3) is 0 Å². The van der Waals surface area contributed by atoms with E-state index >= 15 is 0 Å². The second kappa shape index (κ2) is 6.04. The molecule has 0 fully saturated rings. The smallest absolute Gasteiger partial charge is 0.312 e. The van der Waals surface area contributed by atoms with Crippen LogP contribution in [-0.2, 0) is 18.4 Å². The summed E-state index contributed by atoms with van der Waals surface area (Å²) in [4.78, 5) is 11.2. The molecule has 0 aliphatic heterocycles. The maximum Gasteiger partial charge on any atom is 0.312 e. The summed E-state index contributed by atoms with van der Waals surface area (Å²) in [6.45, 7) is 2.17. The Morgan fingerprint density at radius 2 is 2.05 bits per heavy atom. The normalized spacial score (nSPS) is 10.2. The molecule has 0 atom stereocenters. The number of carbonyl (C=O) groups is 1. The maximum absolute atomic E-state index is 11.2. The first kappa shape index (κ1) is 13.1. The van der Waals surface area contributed by atoms with Crippen molar-refractivity contribution in [1.82, 2.24) is 9.78 Å². The van der Waals surface area contributed by atoms with Crippen molar-refractivity contribution in [2.45, 2.75) is 20.0 Å². The number of hydrogen-bond donors (Lipinski definition) is 0. The molecule has 0 N–H and O–H groups in total. The van der Waals surface area contributed by atoms with Crippen LogP contribution in [0.2, 0.25) is 0 Å². The molecule has 5 nitrogen and oxygen atoms in total. The maximum atomic E-state index is 11.2. The lowest BCUT2D eigenvalue weighted by atomic mass is 10.2. The Bertz CT molecular complexity index is 549. The largest absolute Gasteiger partial charge is 0.472 e. The molecular formula is C14H16N2O3.